The largest absolute Gasteiger partial charge is 0.746 e. The van der Waals surface area contributed by atoms with Gasteiger partial charge in [-0.1, -0.05) is 44.7 Å². The summed E-state index contributed by atoms with van der Waals surface area (Å²) in [4.78, 5) is 23.4. The number of nitrogens with one attached hydrogen (secondary N) is 1. The average Bonchev–Trinajstić information content (AvgIpc) is 2.59. The lowest BCUT2D eigenvalue weighted by Gasteiger charge is -2.24. The van der Waals surface area contributed by atoms with Gasteiger partial charge in [-0.2, -0.15) is 0 Å². The molecule has 0 saturated heterocycles. The van der Waals surface area contributed by atoms with Gasteiger partial charge in [-0.15, -0.1) is 0 Å². The lowest BCUT2D eigenvalue weighted by Crippen LogP contribution is -2.27. The van der Waals surface area contributed by atoms with Crippen LogP contribution >= 0.6 is 7.82 Å². The van der Waals surface area contributed by atoms with Crippen LogP contribution in [0.1, 0.15) is 45.4 Å². The maximum atomic E-state index is 11.8. The number of para-hydroxylation sites is 2. The second-order valence-electron chi connectivity index (χ2n) is 5.54. The fourth-order valence-electron chi connectivity index (χ4n) is 2.17. The van der Waals surface area contributed by atoms with Gasteiger partial charge in [0, 0.05) is 13.0 Å². The van der Waals surface area contributed by atoms with Gasteiger partial charge >= 0.3 is 7.82 Å². The summed E-state index contributed by atoms with van der Waals surface area (Å²) < 4.78 is 26.4. The molecule has 1 N–H and O–H groups in total. The van der Waals surface area contributed by atoms with Crippen molar-refractivity contribution in [3.05, 3.63) is 24.3 Å². The molecule has 1 aromatic carbocycles. The van der Waals surface area contributed by atoms with E-state index in [1.807, 2.05) is 0 Å². The van der Waals surface area contributed by atoms with E-state index in [1.165, 1.54) is 19.6 Å². The summed E-state index contributed by atoms with van der Waals surface area (Å²) in [6, 6.07) is 6.36. The number of amides is 1. The van der Waals surface area contributed by atoms with Crippen LogP contribution in [0.2, 0.25) is 0 Å². The molecule has 0 aliphatic carbocycles. The molecular weight excluding hydrogens is 345 g/mol. The molecule has 1 rings (SSSR count). The smallest absolute Gasteiger partial charge is 0.319 e. The van der Waals surface area contributed by atoms with Crippen molar-refractivity contribution in [3.63, 3.8) is 0 Å². The second-order valence-corrected chi connectivity index (χ2v) is 6.87. The molecule has 0 spiro atoms. The number of ether oxygens (including phenoxy) is 1. The van der Waals surface area contributed by atoms with Gasteiger partial charge in [0.25, 0.3) is 0 Å². The quantitative estimate of drug-likeness (QED) is 0.422. The summed E-state index contributed by atoms with van der Waals surface area (Å²) >= 11 is 0. The zero-order valence-corrected chi connectivity index (χ0v) is 15.8. The highest BCUT2D eigenvalue weighted by atomic mass is 31.2. The molecule has 0 heterocycles. The first-order valence-corrected chi connectivity index (χ1v) is 9.99. The van der Waals surface area contributed by atoms with Gasteiger partial charge in [-0.25, -0.2) is 0 Å². The van der Waals surface area contributed by atoms with Crippen molar-refractivity contribution in [3.8, 4) is 11.5 Å². The number of unbranched alkanes of at least 4 members (excludes halogenated alkanes) is 4. The number of carbonyl (C=O) groups excluding carboxylic acids is 1. The van der Waals surface area contributed by atoms with Crippen LogP contribution < -0.4 is 19.5 Å². The molecule has 0 saturated carbocycles. The first-order chi connectivity index (χ1) is 12.0. The summed E-state index contributed by atoms with van der Waals surface area (Å²) in [6.07, 6.45) is 5.78. The van der Waals surface area contributed by atoms with Crippen LogP contribution in [-0.2, 0) is 13.9 Å². The number of phosphoric acid groups is 1. The first-order valence-electron chi connectivity index (χ1n) is 8.53. The Morgan fingerprint density at radius 2 is 1.84 bits per heavy atom. The molecule has 0 radical (unpaired) electrons. The standard InChI is InChI=1S/C17H28NO6P/c1-3-4-5-6-7-12-17(19)18-13-14-23-25(20,21)24-16-11-9-8-10-15(16)22-2/h8-11H,3-7,12-14H2,1-2H3,(H,18,19)(H,20,21)/p-1. The lowest BCUT2D eigenvalue weighted by molar-refractivity contribution is -0.216. The summed E-state index contributed by atoms with van der Waals surface area (Å²) in [6.45, 7) is 2.06. The van der Waals surface area contributed by atoms with Crippen LogP contribution in [0.5, 0.6) is 11.5 Å². The van der Waals surface area contributed by atoms with E-state index in [0.29, 0.717) is 12.2 Å². The summed E-state index contributed by atoms with van der Waals surface area (Å²) in [5, 5.41) is 2.63. The average molecular weight is 372 g/mol. The van der Waals surface area contributed by atoms with Gasteiger partial charge in [0.15, 0.2) is 11.5 Å². The van der Waals surface area contributed by atoms with Crippen molar-refractivity contribution in [1.82, 2.24) is 5.32 Å². The molecule has 1 unspecified atom stereocenters. The fourth-order valence-corrected chi connectivity index (χ4v) is 2.93. The third kappa shape index (κ3) is 9.48. The van der Waals surface area contributed by atoms with E-state index in [0.717, 1.165) is 25.7 Å². The second kappa shape index (κ2) is 11.9. The van der Waals surface area contributed by atoms with Crippen LogP contribution in [0.25, 0.3) is 0 Å². The van der Waals surface area contributed by atoms with Crippen LogP contribution in [0.3, 0.4) is 0 Å². The summed E-state index contributed by atoms with van der Waals surface area (Å²) in [5.41, 5.74) is 0. The number of hydrogen-bond donors (Lipinski definition) is 1. The Kier molecular flexibility index (Phi) is 10.2. The molecule has 0 aliphatic rings. The molecule has 7 nitrogen and oxygen atoms in total. The Balaban J connectivity index is 2.23. The van der Waals surface area contributed by atoms with Gasteiger partial charge in [-0.3, -0.25) is 9.36 Å². The topological polar surface area (TPSA) is 96.9 Å². The molecule has 0 aromatic heterocycles. The number of carbonyl (C=O) groups is 1. The molecule has 0 aliphatic heterocycles. The molecule has 142 valence electrons. The van der Waals surface area contributed by atoms with Crippen molar-refractivity contribution in [1.29, 1.82) is 0 Å². The van der Waals surface area contributed by atoms with Crippen molar-refractivity contribution in [2.24, 2.45) is 0 Å². The van der Waals surface area contributed by atoms with Gasteiger partial charge in [0.2, 0.25) is 5.91 Å². The molecule has 0 fully saturated rings. The predicted octanol–water partition coefficient (Wildman–Crippen LogP) is 3.04. The summed E-state index contributed by atoms with van der Waals surface area (Å²) in [7, 11) is -3.12. The third-order valence-electron chi connectivity index (χ3n) is 3.46. The zero-order chi connectivity index (χ0) is 18.5. The molecule has 0 bridgehead atoms. The molecule has 8 heteroatoms. The van der Waals surface area contributed by atoms with E-state index in [4.69, 9.17) is 13.8 Å². The monoisotopic (exact) mass is 372 g/mol. The van der Waals surface area contributed by atoms with Gasteiger partial charge in [0.05, 0.1) is 13.7 Å². The Morgan fingerprint density at radius 3 is 2.52 bits per heavy atom. The number of hydrogen-bond acceptors (Lipinski definition) is 6. The van der Waals surface area contributed by atoms with Crippen molar-refractivity contribution in [2.75, 3.05) is 20.3 Å². The minimum Gasteiger partial charge on any atom is -0.746 e. The van der Waals surface area contributed by atoms with Crippen LogP contribution in [0.4, 0.5) is 0 Å². The van der Waals surface area contributed by atoms with E-state index >= 15 is 0 Å². The van der Waals surface area contributed by atoms with Crippen molar-refractivity contribution < 1.29 is 28.0 Å². The Labute approximate surface area is 149 Å². The normalized spacial score (nSPS) is 13.1. The molecule has 25 heavy (non-hydrogen) atoms. The van der Waals surface area contributed by atoms with Crippen LogP contribution in [0.15, 0.2) is 24.3 Å². The van der Waals surface area contributed by atoms with E-state index in [1.54, 1.807) is 18.2 Å². The zero-order valence-electron chi connectivity index (χ0n) is 14.9. The van der Waals surface area contributed by atoms with Crippen LogP contribution in [0, 0.1) is 0 Å². The van der Waals surface area contributed by atoms with Crippen LogP contribution in [-0.4, -0.2) is 26.2 Å². The molecule has 1 aromatic rings. The highest BCUT2D eigenvalue weighted by Crippen LogP contribution is 2.42. The minimum absolute atomic E-state index is 0.0550. The fraction of sp³-hybridized carbons (Fsp3) is 0.588. The highest BCUT2D eigenvalue weighted by Gasteiger charge is 2.14. The first kappa shape index (κ1) is 21.5. The molecular formula is C17H27NO6P-. The Morgan fingerprint density at radius 1 is 1.16 bits per heavy atom. The number of rotatable bonds is 13. The number of methoxy groups -OCH3 is 1. The third-order valence-corrected chi connectivity index (χ3v) is 4.38. The van der Waals surface area contributed by atoms with E-state index in [2.05, 4.69) is 12.2 Å². The van der Waals surface area contributed by atoms with E-state index < -0.39 is 7.82 Å². The maximum absolute atomic E-state index is 11.8. The maximum Gasteiger partial charge on any atom is 0.319 e. The van der Waals surface area contributed by atoms with Gasteiger partial charge in [0.1, 0.15) is 0 Å². The Bertz CT molecular complexity index is 566. The van der Waals surface area contributed by atoms with E-state index in [-0.39, 0.29) is 24.8 Å². The minimum atomic E-state index is -4.53. The van der Waals surface area contributed by atoms with Crippen molar-refractivity contribution in [2.45, 2.75) is 45.4 Å². The Hall–Kier alpha value is -1.56. The lowest BCUT2D eigenvalue weighted by atomic mass is 10.1. The molecule has 1 amide bonds. The van der Waals surface area contributed by atoms with E-state index in [9.17, 15) is 14.3 Å². The summed E-state index contributed by atoms with van der Waals surface area (Å²) in [5.74, 6) is 0.240. The van der Waals surface area contributed by atoms with Gasteiger partial charge in [-0.05, 0) is 18.6 Å². The van der Waals surface area contributed by atoms with Gasteiger partial charge < -0.3 is 24.0 Å². The van der Waals surface area contributed by atoms with Crippen molar-refractivity contribution >= 4 is 13.7 Å². The predicted molar refractivity (Wildman–Crippen MR) is 93.6 cm³/mol. The molecule has 1 atom stereocenters. The highest BCUT2D eigenvalue weighted by molar-refractivity contribution is 7.46. The number of benzene rings is 1. The number of phosphoric ester groups is 1. The SMILES string of the molecule is CCCCCCCC(=O)NCCOP(=O)([O-])Oc1ccccc1OC.